The number of unbranched alkanes of at least 4 members (excludes halogenated alkanes) is 1. The Labute approximate surface area is 91.4 Å². The zero-order chi connectivity index (χ0) is 11.7. The molecule has 0 heterocycles. The molecule has 88 valence electrons. The lowest BCUT2D eigenvalue weighted by atomic mass is 10.2. The van der Waals surface area contributed by atoms with E-state index in [0.717, 1.165) is 12.8 Å². The van der Waals surface area contributed by atoms with Gasteiger partial charge in [-0.2, -0.15) is 0 Å². The lowest BCUT2D eigenvalue weighted by Gasteiger charge is -2.12. The topological polar surface area (TPSA) is 61.5 Å². The number of nitrogens with two attached hydrogens (primary N) is 1. The number of hydrogen-bond donors (Lipinski definition) is 1. The Morgan fingerprint density at radius 1 is 1.47 bits per heavy atom. The Morgan fingerprint density at radius 3 is 2.67 bits per heavy atom. The van der Waals surface area contributed by atoms with Crippen LogP contribution >= 0.6 is 0 Å². The summed E-state index contributed by atoms with van der Waals surface area (Å²) in [5.41, 5.74) is 6.07. The summed E-state index contributed by atoms with van der Waals surface area (Å²) in [6.45, 7) is 6.68. The summed E-state index contributed by atoms with van der Waals surface area (Å²) in [6.07, 6.45) is 3.12. The minimum absolute atomic E-state index is 0.235. The maximum absolute atomic E-state index is 11.1. The first kappa shape index (κ1) is 14.0. The van der Waals surface area contributed by atoms with E-state index in [1.807, 2.05) is 6.92 Å². The smallest absolute Gasteiger partial charge is 0.332 e. The number of hydrogen-bond acceptors (Lipinski definition) is 4. The quantitative estimate of drug-likeness (QED) is 0.398. The second-order valence-electron chi connectivity index (χ2n) is 3.26. The third-order valence-corrected chi connectivity index (χ3v) is 1.91. The molecule has 0 aromatic carbocycles. The molecule has 1 unspecified atom stereocenters. The monoisotopic (exact) mass is 215 g/mol. The standard InChI is InChI=1S/C11H21NO3/c1-4-6-7-15-9(3)10(12)8-11(13)14-5-2/h8-9H,4-7,12H2,1-3H3/b10-8-. The summed E-state index contributed by atoms with van der Waals surface area (Å²) >= 11 is 0. The highest BCUT2D eigenvalue weighted by Crippen LogP contribution is 2.02. The van der Waals surface area contributed by atoms with Crippen molar-refractivity contribution < 1.29 is 14.3 Å². The molecule has 0 rings (SSSR count). The van der Waals surface area contributed by atoms with E-state index in [-0.39, 0.29) is 6.10 Å². The van der Waals surface area contributed by atoms with E-state index < -0.39 is 5.97 Å². The highest BCUT2D eigenvalue weighted by atomic mass is 16.5. The molecular weight excluding hydrogens is 194 g/mol. The van der Waals surface area contributed by atoms with Crippen molar-refractivity contribution in [3.63, 3.8) is 0 Å². The lowest BCUT2D eigenvalue weighted by molar-refractivity contribution is -0.137. The van der Waals surface area contributed by atoms with Crippen molar-refractivity contribution in [3.8, 4) is 0 Å². The summed E-state index contributed by atoms with van der Waals surface area (Å²) in [5.74, 6) is -0.416. The molecule has 0 radical (unpaired) electrons. The maximum Gasteiger partial charge on any atom is 0.332 e. The van der Waals surface area contributed by atoms with Gasteiger partial charge in [0, 0.05) is 18.4 Å². The predicted octanol–water partition coefficient (Wildman–Crippen LogP) is 1.60. The van der Waals surface area contributed by atoms with Gasteiger partial charge in [-0.15, -0.1) is 0 Å². The van der Waals surface area contributed by atoms with Crippen LogP contribution in [0.1, 0.15) is 33.6 Å². The average molecular weight is 215 g/mol. The molecule has 0 aromatic rings. The highest BCUT2D eigenvalue weighted by Gasteiger charge is 2.07. The van der Waals surface area contributed by atoms with E-state index in [2.05, 4.69) is 6.92 Å². The van der Waals surface area contributed by atoms with E-state index in [9.17, 15) is 4.79 Å². The van der Waals surface area contributed by atoms with Gasteiger partial charge in [-0.3, -0.25) is 0 Å². The molecule has 0 aliphatic heterocycles. The van der Waals surface area contributed by atoms with Gasteiger partial charge in [-0.25, -0.2) is 4.79 Å². The van der Waals surface area contributed by atoms with Crippen molar-refractivity contribution in [2.45, 2.75) is 39.7 Å². The number of rotatable bonds is 7. The van der Waals surface area contributed by atoms with E-state index in [1.54, 1.807) is 6.92 Å². The van der Waals surface area contributed by atoms with Gasteiger partial charge in [0.2, 0.25) is 0 Å². The molecule has 0 saturated carbocycles. The zero-order valence-electron chi connectivity index (χ0n) is 9.79. The Morgan fingerprint density at radius 2 is 2.13 bits per heavy atom. The zero-order valence-corrected chi connectivity index (χ0v) is 9.79. The van der Waals surface area contributed by atoms with Crippen LogP contribution < -0.4 is 5.73 Å². The number of esters is 1. The van der Waals surface area contributed by atoms with Gasteiger partial charge in [-0.1, -0.05) is 13.3 Å². The molecule has 1 atom stereocenters. The second-order valence-corrected chi connectivity index (χ2v) is 3.26. The van der Waals surface area contributed by atoms with Crippen LogP contribution in [0.5, 0.6) is 0 Å². The normalized spacial score (nSPS) is 13.7. The molecular formula is C11H21NO3. The van der Waals surface area contributed by atoms with Crippen molar-refractivity contribution >= 4 is 5.97 Å². The third kappa shape index (κ3) is 6.96. The third-order valence-electron chi connectivity index (χ3n) is 1.91. The van der Waals surface area contributed by atoms with Crippen LogP contribution in [0.15, 0.2) is 11.8 Å². The number of carbonyl (C=O) groups is 1. The van der Waals surface area contributed by atoms with Crippen molar-refractivity contribution in [3.05, 3.63) is 11.8 Å². The minimum Gasteiger partial charge on any atom is -0.463 e. The molecule has 15 heavy (non-hydrogen) atoms. The fraction of sp³-hybridized carbons (Fsp3) is 0.727. The Bertz CT molecular complexity index is 214. The van der Waals surface area contributed by atoms with Crippen LogP contribution in [0.3, 0.4) is 0 Å². The molecule has 0 aliphatic rings. The molecule has 4 heteroatoms. The van der Waals surface area contributed by atoms with Crippen LogP contribution in [0.4, 0.5) is 0 Å². The largest absolute Gasteiger partial charge is 0.463 e. The minimum atomic E-state index is -0.416. The number of ether oxygens (including phenoxy) is 2. The summed E-state index contributed by atoms with van der Waals surface area (Å²) < 4.78 is 10.2. The van der Waals surface area contributed by atoms with Gasteiger partial charge in [0.05, 0.1) is 12.7 Å². The van der Waals surface area contributed by atoms with Crippen molar-refractivity contribution in [2.24, 2.45) is 5.73 Å². The second kappa shape index (κ2) is 8.29. The molecule has 0 saturated heterocycles. The predicted molar refractivity (Wildman–Crippen MR) is 59.2 cm³/mol. The van der Waals surface area contributed by atoms with Crippen LogP contribution in [0.25, 0.3) is 0 Å². The van der Waals surface area contributed by atoms with Gasteiger partial charge in [0.15, 0.2) is 0 Å². The summed E-state index contributed by atoms with van der Waals surface area (Å²) in [7, 11) is 0. The highest BCUT2D eigenvalue weighted by molar-refractivity contribution is 5.82. The Hall–Kier alpha value is -1.03. The summed E-state index contributed by atoms with van der Waals surface area (Å²) in [4.78, 5) is 11.1. The maximum atomic E-state index is 11.1. The summed E-state index contributed by atoms with van der Waals surface area (Å²) in [6, 6.07) is 0. The van der Waals surface area contributed by atoms with E-state index in [0.29, 0.717) is 18.9 Å². The Balaban J connectivity index is 3.95. The first-order valence-electron chi connectivity index (χ1n) is 5.37. The van der Waals surface area contributed by atoms with Gasteiger partial charge in [-0.05, 0) is 20.3 Å². The Kier molecular flexibility index (Phi) is 7.72. The average Bonchev–Trinajstić information content (AvgIpc) is 2.18. The molecule has 0 bridgehead atoms. The van der Waals surface area contributed by atoms with Crippen LogP contribution in [0, 0.1) is 0 Å². The fourth-order valence-corrected chi connectivity index (χ4v) is 0.938. The molecule has 0 fully saturated rings. The fourth-order valence-electron chi connectivity index (χ4n) is 0.938. The van der Waals surface area contributed by atoms with Gasteiger partial charge < -0.3 is 15.2 Å². The first-order valence-corrected chi connectivity index (χ1v) is 5.37. The van der Waals surface area contributed by atoms with Gasteiger partial charge in [0.25, 0.3) is 0 Å². The molecule has 0 aliphatic carbocycles. The van der Waals surface area contributed by atoms with Gasteiger partial charge >= 0.3 is 5.97 Å². The summed E-state index contributed by atoms with van der Waals surface area (Å²) in [5, 5.41) is 0. The first-order chi connectivity index (χ1) is 7.11. The molecule has 0 spiro atoms. The molecule has 0 amide bonds. The van der Waals surface area contributed by atoms with Crippen LogP contribution in [0.2, 0.25) is 0 Å². The van der Waals surface area contributed by atoms with Crippen molar-refractivity contribution in [1.29, 1.82) is 0 Å². The van der Waals surface area contributed by atoms with Gasteiger partial charge in [0.1, 0.15) is 0 Å². The van der Waals surface area contributed by atoms with E-state index in [4.69, 9.17) is 15.2 Å². The van der Waals surface area contributed by atoms with E-state index in [1.165, 1.54) is 6.08 Å². The SMILES string of the molecule is CCCCOC(C)/C(N)=C/C(=O)OCC. The van der Waals surface area contributed by atoms with Crippen molar-refractivity contribution in [1.82, 2.24) is 0 Å². The van der Waals surface area contributed by atoms with Crippen LogP contribution in [-0.2, 0) is 14.3 Å². The lowest BCUT2D eigenvalue weighted by Crippen LogP contribution is -2.20. The number of carbonyl (C=O) groups excluding carboxylic acids is 1. The molecule has 2 N–H and O–H groups in total. The van der Waals surface area contributed by atoms with E-state index >= 15 is 0 Å². The molecule has 0 aromatic heterocycles. The van der Waals surface area contributed by atoms with Crippen LogP contribution in [-0.4, -0.2) is 25.3 Å². The van der Waals surface area contributed by atoms with Crippen molar-refractivity contribution in [2.75, 3.05) is 13.2 Å². The molecule has 4 nitrogen and oxygen atoms in total.